The Morgan fingerprint density at radius 1 is 1.30 bits per heavy atom. The number of aromatic nitrogens is 2. The topological polar surface area (TPSA) is 70.2 Å². The maximum Gasteiger partial charge on any atom is 0.293 e. The smallest absolute Gasteiger partial charge is 0.293 e. The fourth-order valence-electron chi connectivity index (χ4n) is 3.98. The molecule has 0 amide bonds. The van der Waals surface area contributed by atoms with E-state index in [-0.39, 0.29) is 12.6 Å². The van der Waals surface area contributed by atoms with Gasteiger partial charge in [0.25, 0.3) is 6.47 Å². The van der Waals surface area contributed by atoms with Gasteiger partial charge in [0.05, 0.1) is 21.8 Å². The number of rotatable bonds is 7. The molecule has 1 aliphatic rings. The zero-order valence-electron chi connectivity index (χ0n) is 16.3. The van der Waals surface area contributed by atoms with Crippen LogP contribution in [0.1, 0.15) is 23.0 Å². The molecule has 3 heterocycles. The van der Waals surface area contributed by atoms with E-state index in [1.54, 1.807) is 6.07 Å². The number of aromatic amines is 1. The average molecular weight is 468 g/mol. The Bertz CT molecular complexity index is 1090. The van der Waals surface area contributed by atoms with Crippen LogP contribution in [0.2, 0.25) is 15.1 Å². The summed E-state index contributed by atoms with van der Waals surface area (Å²) in [6, 6.07) is 7.46. The molecular weight excluding hydrogens is 447 g/mol. The molecule has 0 saturated heterocycles. The largest absolute Gasteiger partial charge is 0.466 e. The first-order valence-electron chi connectivity index (χ1n) is 9.63. The predicted molar refractivity (Wildman–Crippen MR) is 121 cm³/mol. The molecule has 0 spiro atoms. The Labute approximate surface area is 189 Å². The van der Waals surface area contributed by atoms with Gasteiger partial charge in [-0.2, -0.15) is 0 Å². The second-order valence-corrected chi connectivity index (χ2v) is 8.50. The van der Waals surface area contributed by atoms with Crippen molar-refractivity contribution < 1.29 is 9.53 Å². The highest BCUT2D eigenvalue weighted by atomic mass is 35.5. The second kappa shape index (κ2) is 9.02. The zero-order chi connectivity index (χ0) is 21.3. The minimum Gasteiger partial charge on any atom is -0.466 e. The fourth-order valence-corrected chi connectivity index (χ4v) is 4.57. The zero-order valence-corrected chi connectivity index (χ0v) is 18.6. The van der Waals surface area contributed by atoms with Crippen LogP contribution in [0.4, 0.5) is 5.82 Å². The summed E-state index contributed by atoms with van der Waals surface area (Å²) in [5, 5.41) is 6.14. The number of H-pyrrole nitrogens is 1. The number of fused-ring (bicyclic) bond motifs is 3. The molecule has 0 bridgehead atoms. The summed E-state index contributed by atoms with van der Waals surface area (Å²) in [4.78, 5) is 21.1. The molecule has 30 heavy (non-hydrogen) atoms. The number of anilines is 1. The first kappa shape index (κ1) is 21.2. The Hall–Kier alpha value is -1.99. The minimum absolute atomic E-state index is 0.0673. The van der Waals surface area contributed by atoms with Crippen LogP contribution in [0.3, 0.4) is 0 Å². The Morgan fingerprint density at radius 2 is 2.13 bits per heavy atom. The number of benzene rings is 1. The summed E-state index contributed by atoms with van der Waals surface area (Å²) in [7, 11) is 0. The minimum atomic E-state index is -0.0673. The molecule has 0 saturated carbocycles. The van der Waals surface area contributed by atoms with Gasteiger partial charge < -0.3 is 15.0 Å². The van der Waals surface area contributed by atoms with Gasteiger partial charge in [-0.25, -0.2) is 4.98 Å². The van der Waals surface area contributed by atoms with Gasteiger partial charge >= 0.3 is 0 Å². The molecular formula is C21H21Cl3N4O2. The van der Waals surface area contributed by atoms with E-state index in [1.165, 1.54) is 5.56 Å². The number of halogens is 3. The molecule has 0 fully saturated rings. The van der Waals surface area contributed by atoms with Crippen molar-refractivity contribution in [2.45, 2.75) is 19.4 Å². The first-order valence-corrected chi connectivity index (χ1v) is 10.8. The Morgan fingerprint density at radius 3 is 2.93 bits per heavy atom. The van der Waals surface area contributed by atoms with Gasteiger partial charge in [0.15, 0.2) is 0 Å². The first-order chi connectivity index (χ1) is 14.5. The van der Waals surface area contributed by atoms with Crippen molar-refractivity contribution in [2.24, 2.45) is 0 Å². The summed E-state index contributed by atoms with van der Waals surface area (Å²) < 4.78 is 5.16. The molecule has 4 rings (SSSR count). The highest BCUT2D eigenvalue weighted by Crippen LogP contribution is 2.35. The Balaban J connectivity index is 1.52. The highest BCUT2D eigenvalue weighted by Gasteiger charge is 2.30. The molecule has 158 valence electrons. The SMILES string of the molecule is Cc1nc(NCCN2CCc3c([nH]c4ccc(Cl)cc34)C2COC=O)c(Cl)cc1Cl. The third-order valence-corrected chi connectivity index (χ3v) is 6.35. The van der Waals surface area contributed by atoms with Crippen molar-refractivity contribution in [3.8, 4) is 0 Å². The van der Waals surface area contributed by atoms with Gasteiger partial charge in [0.2, 0.25) is 0 Å². The standard InChI is InChI=1S/C21H21Cl3N4O2/c1-12-16(23)9-17(24)21(26-12)25-5-7-28-6-4-14-15-8-13(22)2-3-18(15)27-20(14)19(28)10-30-11-29/h2-3,8-9,11,19,27H,4-7,10H2,1H3,(H,25,26). The molecule has 9 heteroatoms. The molecule has 1 aromatic carbocycles. The number of hydrogen-bond donors (Lipinski definition) is 2. The van der Waals surface area contributed by atoms with E-state index in [0.29, 0.717) is 33.9 Å². The van der Waals surface area contributed by atoms with Crippen LogP contribution in [0.25, 0.3) is 10.9 Å². The lowest BCUT2D eigenvalue weighted by molar-refractivity contribution is -0.130. The number of nitrogens with one attached hydrogen (secondary N) is 2. The van der Waals surface area contributed by atoms with Crippen molar-refractivity contribution in [2.75, 3.05) is 31.6 Å². The van der Waals surface area contributed by atoms with E-state index in [9.17, 15) is 4.79 Å². The quantitative estimate of drug-likeness (QED) is 0.478. The van der Waals surface area contributed by atoms with E-state index < -0.39 is 0 Å². The molecule has 3 aromatic rings. The van der Waals surface area contributed by atoms with Gasteiger partial charge in [0, 0.05) is 41.3 Å². The maximum atomic E-state index is 10.9. The number of aryl methyl sites for hydroxylation is 1. The number of carbonyl (C=O) groups excluding carboxylic acids is 1. The predicted octanol–water partition coefficient (Wildman–Crippen LogP) is 5.02. The molecule has 2 aromatic heterocycles. The van der Waals surface area contributed by atoms with Crippen LogP contribution >= 0.6 is 34.8 Å². The van der Waals surface area contributed by atoms with Crippen molar-refractivity contribution in [1.29, 1.82) is 0 Å². The third kappa shape index (κ3) is 4.23. The van der Waals surface area contributed by atoms with Crippen LogP contribution in [0.15, 0.2) is 24.3 Å². The number of nitrogens with zero attached hydrogens (tertiary/aromatic N) is 2. The van der Waals surface area contributed by atoms with Crippen molar-refractivity contribution in [1.82, 2.24) is 14.9 Å². The summed E-state index contributed by atoms with van der Waals surface area (Å²) in [5.74, 6) is 0.609. The molecule has 0 aliphatic carbocycles. The van der Waals surface area contributed by atoms with E-state index in [4.69, 9.17) is 39.5 Å². The van der Waals surface area contributed by atoms with Gasteiger partial charge in [-0.15, -0.1) is 0 Å². The van der Waals surface area contributed by atoms with E-state index in [2.05, 4.69) is 20.2 Å². The van der Waals surface area contributed by atoms with E-state index in [1.807, 2.05) is 25.1 Å². The van der Waals surface area contributed by atoms with E-state index >= 15 is 0 Å². The monoisotopic (exact) mass is 466 g/mol. The van der Waals surface area contributed by atoms with Crippen LogP contribution < -0.4 is 5.32 Å². The molecule has 1 atom stereocenters. The van der Waals surface area contributed by atoms with Gasteiger partial charge in [0.1, 0.15) is 12.4 Å². The van der Waals surface area contributed by atoms with Crippen LogP contribution in [-0.2, 0) is 16.0 Å². The fraction of sp³-hybridized carbons (Fsp3) is 0.333. The lowest BCUT2D eigenvalue weighted by atomic mass is 9.97. The van der Waals surface area contributed by atoms with Gasteiger partial charge in [-0.05, 0) is 43.2 Å². The van der Waals surface area contributed by atoms with Crippen LogP contribution in [-0.4, -0.2) is 47.6 Å². The van der Waals surface area contributed by atoms with Gasteiger partial charge in [-0.3, -0.25) is 9.69 Å². The molecule has 1 aliphatic heterocycles. The summed E-state index contributed by atoms with van der Waals surface area (Å²) >= 11 is 18.5. The summed E-state index contributed by atoms with van der Waals surface area (Å²) in [6.45, 7) is 4.79. The molecule has 6 nitrogen and oxygen atoms in total. The lowest BCUT2D eigenvalue weighted by Crippen LogP contribution is -2.40. The van der Waals surface area contributed by atoms with Crippen molar-refractivity contribution in [3.05, 3.63) is 56.3 Å². The van der Waals surface area contributed by atoms with Crippen LogP contribution in [0, 0.1) is 6.92 Å². The molecule has 0 radical (unpaired) electrons. The molecule has 2 N–H and O–H groups in total. The normalized spacial score (nSPS) is 16.5. The third-order valence-electron chi connectivity index (χ3n) is 5.44. The molecule has 1 unspecified atom stereocenters. The van der Waals surface area contributed by atoms with Crippen LogP contribution in [0.5, 0.6) is 0 Å². The number of pyridine rings is 1. The number of ether oxygens (including phenoxy) is 1. The van der Waals surface area contributed by atoms with E-state index in [0.717, 1.165) is 41.8 Å². The number of carbonyl (C=O) groups is 1. The average Bonchev–Trinajstić information content (AvgIpc) is 3.08. The maximum absolute atomic E-state index is 10.9. The Kier molecular flexibility index (Phi) is 6.39. The number of hydrogen-bond acceptors (Lipinski definition) is 5. The summed E-state index contributed by atoms with van der Waals surface area (Å²) in [5.41, 5.74) is 4.06. The van der Waals surface area contributed by atoms with Crippen molar-refractivity contribution in [3.63, 3.8) is 0 Å². The van der Waals surface area contributed by atoms with Gasteiger partial charge in [-0.1, -0.05) is 34.8 Å². The lowest BCUT2D eigenvalue weighted by Gasteiger charge is -2.35. The highest BCUT2D eigenvalue weighted by molar-refractivity contribution is 6.36. The summed E-state index contributed by atoms with van der Waals surface area (Å²) in [6.07, 6.45) is 0.881. The van der Waals surface area contributed by atoms with Crippen molar-refractivity contribution >= 4 is 58.0 Å². The second-order valence-electron chi connectivity index (χ2n) is 7.25.